The van der Waals surface area contributed by atoms with Gasteiger partial charge in [0, 0.05) is 0 Å². The molecule has 2 aromatic rings. The quantitative estimate of drug-likeness (QED) is 0.815. The minimum Gasteiger partial charge on any atom is -0.496 e. The van der Waals surface area contributed by atoms with Gasteiger partial charge in [-0.05, 0) is 28.6 Å². The molecule has 0 aliphatic carbocycles. The minimum absolute atomic E-state index is 0.0592. The first-order chi connectivity index (χ1) is 8.20. The Hall–Kier alpha value is -2.51. The zero-order valence-electron chi connectivity index (χ0n) is 8.77. The normalized spacial score (nSPS) is 10.0. The maximum Gasteiger partial charge on any atom is 0.261 e. The van der Waals surface area contributed by atoms with Gasteiger partial charge in [0.15, 0.2) is 0 Å². The van der Waals surface area contributed by atoms with E-state index in [1.165, 1.54) is 19.2 Å². The number of hydrogen-bond donors (Lipinski definition) is 2. The molecule has 0 fully saturated rings. The highest BCUT2D eigenvalue weighted by molar-refractivity contribution is 6.05. The van der Waals surface area contributed by atoms with Crippen molar-refractivity contribution in [3.8, 4) is 5.75 Å². The molecule has 1 amide bonds. The van der Waals surface area contributed by atoms with Crippen LogP contribution in [0, 0.1) is 5.82 Å². The minimum atomic E-state index is -0.570. The van der Waals surface area contributed by atoms with Gasteiger partial charge in [0.2, 0.25) is 5.95 Å². The Morgan fingerprint density at radius 2 is 2.35 bits per heavy atom. The highest BCUT2D eigenvalue weighted by Gasteiger charge is 2.14. The van der Waals surface area contributed by atoms with E-state index in [-0.39, 0.29) is 17.3 Å². The molecule has 0 aliphatic rings. The fourth-order valence-corrected chi connectivity index (χ4v) is 1.24. The highest BCUT2D eigenvalue weighted by atomic mass is 19.1. The van der Waals surface area contributed by atoms with Crippen molar-refractivity contribution >= 4 is 11.9 Å². The lowest BCUT2D eigenvalue weighted by molar-refractivity contribution is 0.102. The van der Waals surface area contributed by atoms with E-state index in [1.807, 2.05) is 0 Å². The Labute approximate surface area is 95.0 Å². The molecule has 1 heterocycles. The molecule has 1 aromatic heterocycles. The van der Waals surface area contributed by atoms with Crippen LogP contribution in [0.2, 0.25) is 0 Å². The molecule has 17 heavy (non-hydrogen) atoms. The van der Waals surface area contributed by atoms with Gasteiger partial charge in [-0.15, -0.1) is 0 Å². The van der Waals surface area contributed by atoms with Crippen molar-refractivity contribution in [3.05, 3.63) is 29.6 Å². The number of aromatic amines is 1. The molecule has 0 unspecified atom stereocenters. The van der Waals surface area contributed by atoms with Gasteiger partial charge < -0.3 is 4.74 Å². The van der Waals surface area contributed by atoms with E-state index >= 15 is 0 Å². The molecule has 88 valence electrons. The number of benzene rings is 1. The van der Waals surface area contributed by atoms with Crippen LogP contribution >= 0.6 is 0 Å². The molecular formula is C9H8FN5O2. The van der Waals surface area contributed by atoms with Crippen LogP contribution in [0.3, 0.4) is 0 Å². The van der Waals surface area contributed by atoms with Crippen LogP contribution in [0.5, 0.6) is 5.75 Å². The van der Waals surface area contributed by atoms with Gasteiger partial charge in [-0.3, -0.25) is 10.1 Å². The van der Waals surface area contributed by atoms with Crippen molar-refractivity contribution in [2.75, 3.05) is 12.4 Å². The fourth-order valence-electron chi connectivity index (χ4n) is 1.24. The highest BCUT2D eigenvalue weighted by Crippen LogP contribution is 2.19. The number of hydrogen-bond acceptors (Lipinski definition) is 5. The zero-order valence-corrected chi connectivity index (χ0v) is 8.77. The number of halogens is 1. The van der Waals surface area contributed by atoms with E-state index in [4.69, 9.17) is 4.74 Å². The molecule has 0 aliphatic heterocycles. The number of aromatic nitrogens is 4. The number of carbonyl (C=O) groups is 1. The lowest BCUT2D eigenvalue weighted by Crippen LogP contribution is -2.14. The molecule has 0 bridgehead atoms. The lowest BCUT2D eigenvalue weighted by Gasteiger charge is -2.07. The largest absolute Gasteiger partial charge is 0.496 e. The average molecular weight is 237 g/mol. The molecule has 1 aromatic carbocycles. The van der Waals surface area contributed by atoms with Crippen molar-refractivity contribution in [3.63, 3.8) is 0 Å². The van der Waals surface area contributed by atoms with E-state index < -0.39 is 11.7 Å². The van der Waals surface area contributed by atoms with Crippen LogP contribution in [0.15, 0.2) is 18.2 Å². The van der Waals surface area contributed by atoms with E-state index in [0.29, 0.717) is 0 Å². The first kappa shape index (κ1) is 11.0. The summed E-state index contributed by atoms with van der Waals surface area (Å²) < 4.78 is 18.0. The molecule has 0 saturated carbocycles. The standard InChI is InChI=1S/C9H8FN5O2/c1-17-7-3-2-5(10)4-6(7)8(16)11-9-12-14-15-13-9/h2-4H,1H3,(H2,11,12,13,14,15,16). The van der Waals surface area contributed by atoms with Crippen molar-refractivity contribution in [2.24, 2.45) is 0 Å². The summed E-state index contributed by atoms with van der Waals surface area (Å²) in [6.07, 6.45) is 0. The number of H-pyrrole nitrogens is 1. The number of ether oxygens (including phenoxy) is 1. The number of tetrazole rings is 1. The van der Waals surface area contributed by atoms with Crippen LogP contribution in [-0.4, -0.2) is 33.6 Å². The van der Waals surface area contributed by atoms with Crippen molar-refractivity contribution in [1.82, 2.24) is 20.6 Å². The molecular weight excluding hydrogens is 229 g/mol. The Morgan fingerprint density at radius 1 is 1.53 bits per heavy atom. The summed E-state index contributed by atoms with van der Waals surface area (Å²) in [5, 5.41) is 14.8. The predicted molar refractivity (Wildman–Crippen MR) is 55.1 cm³/mol. The van der Waals surface area contributed by atoms with E-state index in [9.17, 15) is 9.18 Å². The second-order valence-electron chi connectivity index (χ2n) is 3.05. The SMILES string of the molecule is COc1ccc(F)cc1C(=O)Nc1nnn[nH]1. The number of carbonyl (C=O) groups excluding carboxylic acids is 1. The van der Waals surface area contributed by atoms with Gasteiger partial charge in [-0.1, -0.05) is 5.10 Å². The maximum atomic E-state index is 13.0. The van der Waals surface area contributed by atoms with Crippen LogP contribution < -0.4 is 10.1 Å². The number of rotatable bonds is 3. The monoisotopic (exact) mass is 237 g/mol. The van der Waals surface area contributed by atoms with Crippen molar-refractivity contribution in [1.29, 1.82) is 0 Å². The topological polar surface area (TPSA) is 92.8 Å². The predicted octanol–water partition coefficient (Wildman–Crippen LogP) is 0.600. The molecule has 0 spiro atoms. The first-order valence-corrected chi connectivity index (χ1v) is 4.59. The van der Waals surface area contributed by atoms with Crippen LogP contribution in [0.1, 0.15) is 10.4 Å². The van der Waals surface area contributed by atoms with Gasteiger partial charge in [0.25, 0.3) is 5.91 Å². The molecule has 0 radical (unpaired) electrons. The molecule has 0 saturated heterocycles. The van der Waals surface area contributed by atoms with Gasteiger partial charge in [-0.2, -0.15) is 0 Å². The Bertz CT molecular complexity index is 528. The van der Waals surface area contributed by atoms with E-state index in [1.54, 1.807) is 0 Å². The van der Waals surface area contributed by atoms with Gasteiger partial charge in [0.05, 0.1) is 12.7 Å². The number of anilines is 1. The van der Waals surface area contributed by atoms with Crippen molar-refractivity contribution in [2.45, 2.75) is 0 Å². The lowest BCUT2D eigenvalue weighted by atomic mass is 10.2. The molecule has 7 nitrogen and oxygen atoms in total. The fraction of sp³-hybridized carbons (Fsp3) is 0.111. The summed E-state index contributed by atoms with van der Waals surface area (Å²) in [6.45, 7) is 0. The first-order valence-electron chi connectivity index (χ1n) is 4.59. The molecule has 0 atom stereocenters. The van der Waals surface area contributed by atoms with Crippen LogP contribution in [0.25, 0.3) is 0 Å². The second-order valence-corrected chi connectivity index (χ2v) is 3.05. The van der Waals surface area contributed by atoms with Crippen LogP contribution in [-0.2, 0) is 0 Å². The van der Waals surface area contributed by atoms with E-state index in [2.05, 4.69) is 25.9 Å². The Kier molecular flexibility index (Phi) is 2.95. The molecule has 2 rings (SSSR count). The number of methoxy groups -OCH3 is 1. The number of nitrogens with zero attached hydrogens (tertiary/aromatic N) is 3. The third-order valence-corrected chi connectivity index (χ3v) is 1.98. The Morgan fingerprint density at radius 3 is 3.00 bits per heavy atom. The second kappa shape index (κ2) is 4.56. The van der Waals surface area contributed by atoms with Crippen LogP contribution in [0.4, 0.5) is 10.3 Å². The van der Waals surface area contributed by atoms with Gasteiger partial charge in [0.1, 0.15) is 11.6 Å². The summed E-state index contributed by atoms with van der Waals surface area (Å²) in [5.74, 6) is -0.774. The summed E-state index contributed by atoms with van der Waals surface area (Å²) in [5.41, 5.74) is 0.0592. The van der Waals surface area contributed by atoms with Crippen molar-refractivity contribution < 1.29 is 13.9 Å². The van der Waals surface area contributed by atoms with E-state index in [0.717, 1.165) is 6.07 Å². The number of amides is 1. The third kappa shape index (κ3) is 2.36. The third-order valence-electron chi connectivity index (χ3n) is 1.98. The summed E-state index contributed by atoms with van der Waals surface area (Å²) in [4.78, 5) is 11.8. The summed E-state index contributed by atoms with van der Waals surface area (Å²) in [7, 11) is 1.39. The Balaban J connectivity index is 2.26. The van der Waals surface area contributed by atoms with Gasteiger partial charge in [-0.25, -0.2) is 9.49 Å². The van der Waals surface area contributed by atoms with Gasteiger partial charge >= 0.3 is 0 Å². The average Bonchev–Trinajstić information content (AvgIpc) is 2.81. The smallest absolute Gasteiger partial charge is 0.261 e. The zero-order chi connectivity index (χ0) is 12.3. The summed E-state index contributed by atoms with van der Waals surface area (Å²) >= 11 is 0. The molecule has 8 heteroatoms. The summed E-state index contributed by atoms with van der Waals surface area (Å²) in [6, 6.07) is 3.63. The maximum absolute atomic E-state index is 13.0. The number of nitrogens with one attached hydrogen (secondary N) is 2. The molecule has 2 N–H and O–H groups in total.